The molecule has 10 nitrogen and oxygen atoms in total. The van der Waals surface area contributed by atoms with Crippen molar-refractivity contribution < 1.29 is 28.7 Å². The molecule has 0 radical (unpaired) electrons. The second-order valence-corrected chi connectivity index (χ2v) is 7.74. The Kier molecular flexibility index (Phi) is 5.77. The van der Waals surface area contributed by atoms with Crippen LogP contribution < -0.4 is 15.5 Å². The van der Waals surface area contributed by atoms with Gasteiger partial charge in [0.2, 0.25) is 5.91 Å². The third-order valence-corrected chi connectivity index (χ3v) is 4.90. The molecule has 30 heavy (non-hydrogen) atoms. The van der Waals surface area contributed by atoms with Gasteiger partial charge in [-0.3, -0.25) is 29.0 Å². The molecule has 5 amide bonds. The molecule has 10 heteroatoms. The SMILES string of the molecule is C[C@H](OC(=O)CCCN1C(=O)NC(C)(C)C1=O)C(=O)N1CC(=O)Nc2ccccc21. The third kappa shape index (κ3) is 4.27. The first kappa shape index (κ1) is 21.3. The number of anilines is 2. The molecule has 2 N–H and O–H groups in total. The van der Waals surface area contributed by atoms with Gasteiger partial charge in [-0.25, -0.2) is 4.79 Å². The van der Waals surface area contributed by atoms with Crippen LogP contribution in [0, 0.1) is 0 Å². The zero-order chi connectivity index (χ0) is 22.1. The first-order chi connectivity index (χ1) is 14.1. The van der Waals surface area contributed by atoms with Gasteiger partial charge in [0.05, 0.1) is 11.4 Å². The lowest BCUT2D eigenvalue weighted by atomic mass is 10.1. The summed E-state index contributed by atoms with van der Waals surface area (Å²) < 4.78 is 5.21. The summed E-state index contributed by atoms with van der Waals surface area (Å²) in [6.07, 6.45) is -0.942. The Balaban J connectivity index is 1.52. The summed E-state index contributed by atoms with van der Waals surface area (Å²) in [4.78, 5) is 63.1. The molecule has 2 aliphatic rings. The van der Waals surface area contributed by atoms with Crippen LogP contribution in [0.15, 0.2) is 24.3 Å². The van der Waals surface area contributed by atoms with E-state index in [-0.39, 0.29) is 37.7 Å². The van der Waals surface area contributed by atoms with Gasteiger partial charge in [-0.05, 0) is 39.3 Å². The summed E-state index contributed by atoms with van der Waals surface area (Å²) in [5.41, 5.74) is 0.0820. The maximum Gasteiger partial charge on any atom is 0.325 e. The molecule has 2 aliphatic heterocycles. The Morgan fingerprint density at radius 1 is 1.20 bits per heavy atom. The second kappa shape index (κ2) is 8.13. The molecule has 0 unspecified atom stereocenters. The van der Waals surface area contributed by atoms with Gasteiger partial charge in [0.15, 0.2) is 6.10 Å². The van der Waals surface area contributed by atoms with Gasteiger partial charge in [-0.2, -0.15) is 0 Å². The lowest BCUT2D eigenvalue weighted by Gasteiger charge is -2.30. The van der Waals surface area contributed by atoms with Crippen molar-refractivity contribution in [1.82, 2.24) is 10.2 Å². The van der Waals surface area contributed by atoms with Crippen LogP contribution in [0.2, 0.25) is 0 Å². The molecule has 0 spiro atoms. The Morgan fingerprint density at radius 3 is 2.57 bits per heavy atom. The van der Waals surface area contributed by atoms with E-state index in [4.69, 9.17) is 4.74 Å². The van der Waals surface area contributed by atoms with Crippen molar-refractivity contribution in [1.29, 1.82) is 0 Å². The highest BCUT2D eigenvalue weighted by atomic mass is 16.5. The molecule has 1 fully saturated rings. The number of nitrogens with zero attached hydrogens (tertiary/aromatic N) is 2. The lowest BCUT2D eigenvalue weighted by Crippen LogP contribution is -2.47. The smallest absolute Gasteiger partial charge is 0.325 e. The van der Waals surface area contributed by atoms with E-state index < -0.39 is 29.6 Å². The van der Waals surface area contributed by atoms with E-state index in [1.807, 2.05) is 0 Å². The molecule has 1 atom stereocenters. The van der Waals surface area contributed by atoms with Crippen LogP contribution in [-0.4, -0.2) is 59.4 Å². The number of ether oxygens (including phenoxy) is 1. The van der Waals surface area contributed by atoms with Crippen LogP contribution in [0.1, 0.15) is 33.6 Å². The zero-order valence-electron chi connectivity index (χ0n) is 17.1. The summed E-state index contributed by atoms with van der Waals surface area (Å²) in [5, 5.41) is 5.25. The number of imide groups is 1. The maximum atomic E-state index is 12.7. The molecular formula is C20H24N4O6. The van der Waals surface area contributed by atoms with Crippen LogP contribution in [0.3, 0.4) is 0 Å². The predicted molar refractivity (Wildman–Crippen MR) is 107 cm³/mol. The van der Waals surface area contributed by atoms with E-state index in [1.165, 1.54) is 11.8 Å². The van der Waals surface area contributed by atoms with Crippen molar-refractivity contribution in [2.24, 2.45) is 0 Å². The molecule has 1 aromatic rings. The largest absolute Gasteiger partial charge is 0.453 e. The summed E-state index contributed by atoms with van der Waals surface area (Å²) >= 11 is 0. The van der Waals surface area contributed by atoms with Gasteiger partial charge in [0.25, 0.3) is 11.8 Å². The van der Waals surface area contributed by atoms with Crippen molar-refractivity contribution in [3.8, 4) is 0 Å². The van der Waals surface area contributed by atoms with Crippen LogP contribution >= 0.6 is 0 Å². The first-order valence-corrected chi connectivity index (χ1v) is 9.64. The number of rotatable bonds is 6. The van der Waals surface area contributed by atoms with E-state index in [0.717, 1.165) is 4.90 Å². The highest BCUT2D eigenvalue weighted by Gasteiger charge is 2.43. The number of esters is 1. The third-order valence-electron chi connectivity index (χ3n) is 4.90. The number of para-hydroxylation sites is 2. The Morgan fingerprint density at radius 2 is 1.90 bits per heavy atom. The summed E-state index contributed by atoms with van der Waals surface area (Å²) in [6.45, 7) is 4.56. The van der Waals surface area contributed by atoms with Gasteiger partial charge in [0.1, 0.15) is 12.1 Å². The standard InChI is InChI=1S/C20H24N4O6/c1-12(17(27)24-11-15(25)21-13-7-4-5-8-14(13)24)30-16(26)9-6-10-23-18(28)20(2,3)22-19(23)29/h4-5,7-8,12H,6,9-11H2,1-3H3,(H,21,25)(H,22,29)/t12-/m0/s1. The molecule has 0 bridgehead atoms. The van der Waals surface area contributed by atoms with Crippen molar-refractivity contribution in [2.75, 3.05) is 23.3 Å². The van der Waals surface area contributed by atoms with Crippen molar-refractivity contribution >= 4 is 41.1 Å². The lowest BCUT2D eigenvalue weighted by molar-refractivity contribution is -0.154. The molecule has 2 heterocycles. The fourth-order valence-electron chi connectivity index (χ4n) is 3.36. The average Bonchev–Trinajstić information content (AvgIpc) is 2.87. The molecular weight excluding hydrogens is 392 g/mol. The molecule has 0 aliphatic carbocycles. The zero-order valence-corrected chi connectivity index (χ0v) is 17.1. The normalized spacial score (nSPS) is 18.4. The number of amides is 5. The van der Waals surface area contributed by atoms with Crippen LogP contribution in [-0.2, 0) is 23.9 Å². The Hall–Kier alpha value is -3.43. The first-order valence-electron chi connectivity index (χ1n) is 9.64. The number of urea groups is 1. The van der Waals surface area contributed by atoms with Crippen LogP contribution in [0.4, 0.5) is 16.2 Å². The highest BCUT2D eigenvalue weighted by Crippen LogP contribution is 2.29. The average molecular weight is 416 g/mol. The van der Waals surface area contributed by atoms with Gasteiger partial charge < -0.3 is 15.4 Å². The van der Waals surface area contributed by atoms with E-state index in [9.17, 15) is 24.0 Å². The quantitative estimate of drug-likeness (QED) is 0.527. The molecule has 1 saturated heterocycles. The summed E-state index contributed by atoms with van der Waals surface area (Å²) in [6, 6.07) is 6.36. The number of carbonyl (C=O) groups is 5. The summed E-state index contributed by atoms with van der Waals surface area (Å²) in [5.74, 6) is -1.83. The Labute approximate surface area is 173 Å². The fraction of sp³-hybridized carbons (Fsp3) is 0.450. The number of fused-ring (bicyclic) bond motifs is 1. The van der Waals surface area contributed by atoms with Crippen molar-refractivity contribution in [3.63, 3.8) is 0 Å². The van der Waals surface area contributed by atoms with Gasteiger partial charge in [0, 0.05) is 13.0 Å². The monoisotopic (exact) mass is 416 g/mol. The van der Waals surface area contributed by atoms with Gasteiger partial charge in [-0.1, -0.05) is 12.1 Å². The second-order valence-electron chi connectivity index (χ2n) is 7.74. The summed E-state index contributed by atoms with van der Waals surface area (Å²) in [7, 11) is 0. The van der Waals surface area contributed by atoms with E-state index in [0.29, 0.717) is 11.4 Å². The molecule has 1 aromatic carbocycles. The maximum absolute atomic E-state index is 12.7. The van der Waals surface area contributed by atoms with Crippen molar-refractivity contribution in [2.45, 2.75) is 45.3 Å². The molecule has 3 rings (SSSR count). The van der Waals surface area contributed by atoms with E-state index >= 15 is 0 Å². The molecule has 0 saturated carbocycles. The topological polar surface area (TPSA) is 125 Å². The number of benzene rings is 1. The minimum Gasteiger partial charge on any atom is -0.453 e. The number of hydrogen-bond donors (Lipinski definition) is 2. The number of nitrogens with one attached hydrogen (secondary N) is 2. The van der Waals surface area contributed by atoms with Crippen LogP contribution in [0.25, 0.3) is 0 Å². The Bertz CT molecular complexity index is 912. The van der Waals surface area contributed by atoms with E-state index in [1.54, 1.807) is 38.1 Å². The fourth-order valence-corrected chi connectivity index (χ4v) is 3.36. The van der Waals surface area contributed by atoms with Gasteiger partial charge >= 0.3 is 12.0 Å². The molecule has 160 valence electrons. The minimum atomic E-state index is -1.09. The number of hydrogen-bond acceptors (Lipinski definition) is 6. The van der Waals surface area contributed by atoms with Crippen molar-refractivity contribution in [3.05, 3.63) is 24.3 Å². The minimum absolute atomic E-state index is 0.0633. The predicted octanol–water partition coefficient (Wildman–Crippen LogP) is 1.01. The number of carbonyl (C=O) groups excluding carboxylic acids is 5. The van der Waals surface area contributed by atoms with Gasteiger partial charge in [-0.15, -0.1) is 0 Å². The van der Waals surface area contributed by atoms with E-state index in [2.05, 4.69) is 10.6 Å². The molecule has 0 aromatic heterocycles. The highest BCUT2D eigenvalue weighted by molar-refractivity contribution is 6.11. The van der Waals surface area contributed by atoms with Crippen LogP contribution in [0.5, 0.6) is 0 Å².